The molecule has 0 bridgehead atoms. The maximum atomic E-state index is 10.2. The second-order valence-corrected chi connectivity index (χ2v) is 2.53. The molecular weight excluding hydrogens is 140 g/mol. The van der Waals surface area contributed by atoms with Gasteiger partial charge >= 0.3 is 37.7 Å². The molecule has 0 aromatic heterocycles. The van der Waals surface area contributed by atoms with Gasteiger partial charge in [-0.05, 0) is 12.8 Å². The predicted molar refractivity (Wildman–Crippen MR) is 40.6 cm³/mol. The second kappa shape index (κ2) is 5.69. The zero-order valence-corrected chi connectivity index (χ0v) is 8.01. The first-order chi connectivity index (χ1) is 3.93. The molecule has 0 radical (unpaired) electrons. The molecular formula is C7H14CaO. The van der Waals surface area contributed by atoms with E-state index in [0.29, 0.717) is 5.92 Å². The number of hydrogen-bond donors (Lipinski definition) is 0. The first-order valence-corrected chi connectivity index (χ1v) is 3.39. The minimum atomic E-state index is 0. The molecule has 0 heterocycles. The van der Waals surface area contributed by atoms with Crippen molar-refractivity contribution in [2.45, 2.75) is 32.1 Å². The van der Waals surface area contributed by atoms with Gasteiger partial charge in [0.15, 0.2) is 0 Å². The molecule has 1 fully saturated rings. The van der Waals surface area contributed by atoms with E-state index in [1.54, 1.807) is 0 Å². The summed E-state index contributed by atoms with van der Waals surface area (Å²) < 4.78 is 0. The van der Waals surface area contributed by atoms with Crippen molar-refractivity contribution in [1.29, 1.82) is 0 Å². The first-order valence-electron chi connectivity index (χ1n) is 3.39. The number of rotatable bonds is 1. The van der Waals surface area contributed by atoms with Crippen LogP contribution in [-0.4, -0.2) is 44.0 Å². The molecule has 0 aromatic carbocycles. The molecule has 1 aliphatic carbocycles. The molecule has 0 aromatic rings. The Morgan fingerprint density at radius 3 is 2.11 bits per heavy atom. The van der Waals surface area contributed by atoms with Crippen LogP contribution in [0.15, 0.2) is 0 Å². The van der Waals surface area contributed by atoms with Gasteiger partial charge in [-0.15, -0.1) is 0 Å². The fourth-order valence-corrected chi connectivity index (χ4v) is 1.27. The van der Waals surface area contributed by atoms with E-state index in [2.05, 4.69) is 0 Å². The maximum absolute atomic E-state index is 10.2. The Bertz CT molecular complexity index is 84.5. The van der Waals surface area contributed by atoms with Crippen LogP contribution in [0, 0.1) is 5.92 Å². The summed E-state index contributed by atoms with van der Waals surface area (Å²) in [6, 6.07) is 0. The van der Waals surface area contributed by atoms with E-state index in [1.807, 2.05) is 0 Å². The number of carbonyl (C=O) groups excluding carboxylic acids is 1. The van der Waals surface area contributed by atoms with Gasteiger partial charge in [0.2, 0.25) is 0 Å². The van der Waals surface area contributed by atoms with Crippen LogP contribution in [0.3, 0.4) is 0 Å². The van der Waals surface area contributed by atoms with E-state index in [4.69, 9.17) is 0 Å². The Balaban J connectivity index is -0.000000213. The van der Waals surface area contributed by atoms with E-state index in [9.17, 15) is 4.79 Å². The van der Waals surface area contributed by atoms with Crippen LogP contribution in [0.4, 0.5) is 0 Å². The van der Waals surface area contributed by atoms with Crippen LogP contribution < -0.4 is 0 Å². The van der Waals surface area contributed by atoms with Gasteiger partial charge in [-0.3, -0.25) is 0 Å². The standard InChI is InChI=1S/C7H12O.Ca.2H/c8-6-7-4-2-1-3-5-7;;;/h6-7H,1-5H2;;;/q;+2;2*-1. The zero-order valence-electron chi connectivity index (χ0n) is 7.81. The Hall–Kier alpha value is 0.930. The van der Waals surface area contributed by atoms with Crippen molar-refractivity contribution in [2.75, 3.05) is 0 Å². The predicted octanol–water partition coefficient (Wildman–Crippen LogP) is 1.61. The Labute approximate surface area is 89.2 Å². The summed E-state index contributed by atoms with van der Waals surface area (Å²) in [5, 5.41) is 0. The molecule has 2 heteroatoms. The average molecular weight is 154 g/mol. The molecule has 1 rings (SSSR count). The minimum absolute atomic E-state index is 0. The molecule has 0 spiro atoms. The van der Waals surface area contributed by atoms with E-state index in [0.717, 1.165) is 19.1 Å². The Kier molecular flexibility index (Phi) is 6.28. The molecule has 9 heavy (non-hydrogen) atoms. The van der Waals surface area contributed by atoms with Crippen LogP contribution in [0.25, 0.3) is 0 Å². The summed E-state index contributed by atoms with van der Waals surface area (Å²) in [5.41, 5.74) is 0. The summed E-state index contributed by atoms with van der Waals surface area (Å²) in [4.78, 5) is 10.2. The topological polar surface area (TPSA) is 17.1 Å². The minimum Gasteiger partial charge on any atom is -1.00 e. The van der Waals surface area contributed by atoms with Crippen molar-refractivity contribution < 1.29 is 7.65 Å². The smallest absolute Gasteiger partial charge is 1.00 e. The quantitative estimate of drug-likeness (QED) is 0.414. The number of carbonyl (C=O) groups is 1. The molecule has 0 N–H and O–H groups in total. The van der Waals surface area contributed by atoms with E-state index < -0.39 is 0 Å². The Morgan fingerprint density at radius 2 is 1.78 bits per heavy atom. The normalized spacial score (nSPS) is 20.4. The molecule has 0 aliphatic heterocycles. The van der Waals surface area contributed by atoms with Crippen LogP contribution in [0.2, 0.25) is 0 Å². The summed E-state index contributed by atoms with van der Waals surface area (Å²) >= 11 is 0. The SMILES string of the molecule is O=CC1CCCCC1.[Ca+2].[H-].[H-]. The van der Waals surface area contributed by atoms with Crippen molar-refractivity contribution in [3.63, 3.8) is 0 Å². The summed E-state index contributed by atoms with van der Waals surface area (Å²) in [7, 11) is 0. The van der Waals surface area contributed by atoms with Crippen LogP contribution in [-0.2, 0) is 4.79 Å². The fraction of sp³-hybridized carbons (Fsp3) is 0.857. The fourth-order valence-electron chi connectivity index (χ4n) is 1.27. The summed E-state index contributed by atoms with van der Waals surface area (Å²) in [6.07, 6.45) is 7.27. The number of aldehydes is 1. The molecule has 50 valence electrons. The van der Waals surface area contributed by atoms with Crippen molar-refractivity contribution in [2.24, 2.45) is 5.92 Å². The van der Waals surface area contributed by atoms with E-state index in [1.165, 1.54) is 19.3 Å². The summed E-state index contributed by atoms with van der Waals surface area (Å²) in [5.74, 6) is 0.406. The molecule has 0 unspecified atom stereocenters. The van der Waals surface area contributed by atoms with Crippen molar-refractivity contribution in [3.8, 4) is 0 Å². The van der Waals surface area contributed by atoms with Crippen LogP contribution in [0.1, 0.15) is 35.0 Å². The molecule has 0 amide bonds. The second-order valence-electron chi connectivity index (χ2n) is 2.53. The monoisotopic (exact) mass is 154 g/mol. The van der Waals surface area contributed by atoms with E-state index >= 15 is 0 Å². The zero-order chi connectivity index (χ0) is 5.82. The van der Waals surface area contributed by atoms with Gasteiger partial charge in [-0.25, -0.2) is 0 Å². The number of hydrogen-bond acceptors (Lipinski definition) is 1. The van der Waals surface area contributed by atoms with Gasteiger partial charge in [-0.1, -0.05) is 19.3 Å². The van der Waals surface area contributed by atoms with Gasteiger partial charge in [0.05, 0.1) is 0 Å². The van der Waals surface area contributed by atoms with Gasteiger partial charge < -0.3 is 7.65 Å². The maximum Gasteiger partial charge on any atom is 2.00 e. The van der Waals surface area contributed by atoms with Crippen LogP contribution in [0.5, 0.6) is 0 Å². The third-order valence-corrected chi connectivity index (χ3v) is 1.84. The van der Waals surface area contributed by atoms with Crippen LogP contribution >= 0.6 is 0 Å². The van der Waals surface area contributed by atoms with Crippen molar-refractivity contribution >= 4 is 44.0 Å². The van der Waals surface area contributed by atoms with Gasteiger partial charge in [0, 0.05) is 5.92 Å². The third kappa shape index (κ3) is 3.59. The third-order valence-electron chi connectivity index (χ3n) is 1.84. The van der Waals surface area contributed by atoms with Gasteiger partial charge in [-0.2, -0.15) is 0 Å². The molecule has 0 saturated heterocycles. The first kappa shape index (κ1) is 9.93. The molecule has 1 aliphatic rings. The average Bonchev–Trinajstić information content (AvgIpc) is 1.90. The van der Waals surface area contributed by atoms with Gasteiger partial charge in [0.1, 0.15) is 6.29 Å². The largest absolute Gasteiger partial charge is 2.00 e. The molecule has 1 nitrogen and oxygen atoms in total. The molecule has 1 saturated carbocycles. The van der Waals surface area contributed by atoms with Crippen molar-refractivity contribution in [3.05, 3.63) is 0 Å². The molecule has 0 atom stereocenters. The van der Waals surface area contributed by atoms with Crippen molar-refractivity contribution in [1.82, 2.24) is 0 Å². The van der Waals surface area contributed by atoms with E-state index in [-0.39, 0.29) is 40.6 Å². The summed E-state index contributed by atoms with van der Waals surface area (Å²) in [6.45, 7) is 0. The Morgan fingerprint density at radius 1 is 1.22 bits per heavy atom. The van der Waals surface area contributed by atoms with Gasteiger partial charge in [0.25, 0.3) is 0 Å².